The van der Waals surface area contributed by atoms with E-state index in [1.807, 2.05) is 0 Å². The highest BCUT2D eigenvalue weighted by molar-refractivity contribution is 5.83. The van der Waals surface area contributed by atoms with Crippen LogP contribution < -0.4 is 0 Å². The third-order valence-corrected chi connectivity index (χ3v) is 2.08. The number of hydrogen-bond donors (Lipinski definition) is 5. The predicted octanol–water partition coefficient (Wildman–Crippen LogP) is -2.21. The Morgan fingerprint density at radius 1 is 1.13 bits per heavy atom. The van der Waals surface area contributed by atoms with Gasteiger partial charge in [-0.05, 0) is 6.42 Å². The summed E-state index contributed by atoms with van der Waals surface area (Å²) in [6, 6.07) is 0. The molecule has 0 aliphatic carbocycles. The first-order valence-electron chi connectivity index (χ1n) is 4.81. The molecule has 0 heterocycles. The maximum Gasteiger partial charge on any atom is 0.164 e. The van der Waals surface area contributed by atoms with Crippen LogP contribution in [0.2, 0.25) is 0 Å². The van der Waals surface area contributed by atoms with E-state index in [1.165, 1.54) is 0 Å². The van der Waals surface area contributed by atoms with E-state index in [4.69, 9.17) is 10.2 Å². The molecule has 0 radical (unpaired) electrons. The molecule has 0 aliphatic heterocycles. The third-order valence-electron chi connectivity index (χ3n) is 2.08. The van der Waals surface area contributed by atoms with Gasteiger partial charge >= 0.3 is 0 Å². The lowest BCUT2D eigenvalue weighted by atomic mass is 9.98. The summed E-state index contributed by atoms with van der Waals surface area (Å²) in [6.07, 6.45) is -6.25. The van der Waals surface area contributed by atoms with Gasteiger partial charge in [-0.3, -0.25) is 4.79 Å². The zero-order valence-electron chi connectivity index (χ0n) is 8.58. The van der Waals surface area contributed by atoms with Crippen molar-refractivity contribution in [3.8, 4) is 0 Å². The molecule has 0 rings (SSSR count). The first-order valence-corrected chi connectivity index (χ1v) is 4.81. The molecule has 0 spiro atoms. The topological polar surface area (TPSA) is 118 Å². The van der Waals surface area contributed by atoms with Gasteiger partial charge in [-0.15, -0.1) is 0 Å². The maximum atomic E-state index is 11.1. The Labute approximate surface area is 87.8 Å². The van der Waals surface area contributed by atoms with Crippen molar-refractivity contribution >= 4 is 5.78 Å². The van der Waals surface area contributed by atoms with Crippen LogP contribution in [0.25, 0.3) is 0 Å². The monoisotopic (exact) mass is 222 g/mol. The van der Waals surface area contributed by atoms with E-state index in [2.05, 4.69) is 0 Å². The molecule has 0 bridgehead atoms. The molecule has 0 saturated heterocycles. The number of carbonyl (C=O) groups is 1. The fraction of sp³-hybridized carbons (Fsp3) is 0.889. The molecular formula is C9H18O6. The number of Topliss-reactive ketones (excluding diaryl/α,β-unsaturated/α-hetero) is 1. The molecule has 90 valence electrons. The van der Waals surface area contributed by atoms with Crippen molar-refractivity contribution in [2.75, 3.05) is 6.61 Å². The zero-order valence-corrected chi connectivity index (χ0v) is 8.58. The van der Waals surface area contributed by atoms with Gasteiger partial charge < -0.3 is 25.5 Å². The number of aliphatic hydroxyl groups excluding tert-OH is 5. The van der Waals surface area contributed by atoms with E-state index in [0.717, 1.165) is 0 Å². The van der Waals surface area contributed by atoms with E-state index >= 15 is 0 Å². The van der Waals surface area contributed by atoms with Crippen molar-refractivity contribution in [3.05, 3.63) is 0 Å². The van der Waals surface area contributed by atoms with Crippen LogP contribution in [-0.2, 0) is 4.79 Å². The summed E-state index contributed by atoms with van der Waals surface area (Å²) >= 11 is 0. The Hall–Kier alpha value is -0.530. The highest BCUT2D eigenvalue weighted by Crippen LogP contribution is 2.08. The number of carbonyl (C=O) groups excluding carboxylic acids is 1. The summed E-state index contributed by atoms with van der Waals surface area (Å²) in [4.78, 5) is 11.1. The molecule has 5 N–H and O–H groups in total. The van der Waals surface area contributed by atoms with Crippen LogP contribution in [0.15, 0.2) is 0 Å². The van der Waals surface area contributed by atoms with E-state index in [1.54, 1.807) is 6.92 Å². The van der Waals surface area contributed by atoms with Crippen LogP contribution in [0.4, 0.5) is 0 Å². The molecule has 0 aromatic heterocycles. The standard InChI is InChI=1S/C9H18O6/c1-2-3-5(11)7(13)9(15)8(14)6(12)4-10/h6-10,12-15H,2-4H2,1H3/t6-,7+,8+,9-/m1/s1. The highest BCUT2D eigenvalue weighted by atomic mass is 16.4. The van der Waals surface area contributed by atoms with E-state index < -0.39 is 36.8 Å². The molecule has 15 heavy (non-hydrogen) atoms. The average molecular weight is 222 g/mol. The lowest BCUT2D eigenvalue weighted by Gasteiger charge is -2.24. The number of rotatable bonds is 7. The fourth-order valence-electron chi connectivity index (χ4n) is 1.11. The van der Waals surface area contributed by atoms with Crippen LogP contribution in [0, 0.1) is 0 Å². The molecule has 0 aromatic rings. The molecule has 0 aromatic carbocycles. The predicted molar refractivity (Wildman–Crippen MR) is 51.0 cm³/mol. The van der Waals surface area contributed by atoms with Crippen molar-refractivity contribution in [2.45, 2.75) is 44.2 Å². The second-order valence-electron chi connectivity index (χ2n) is 3.39. The molecule has 0 aliphatic rings. The van der Waals surface area contributed by atoms with Gasteiger partial charge in [0.2, 0.25) is 0 Å². The Bertz CT molecular complexity index is 195. The van der Waals surface area contributed by atoms with Gasteiger partial charge in [-0.2, -0.15) is 0 Å². The normalized spacial score (nSPS) is 19.3. The Morgan fingerprint density at radius 2 is 1.67 bits per heavy atom. The van der Waals surface area contributed by atoms with Crippen LogP contribution in [-0.4, -0.2) is 62.3 Å². The van der Waals surface area contributed by atoms with Gasteiger partial charge in [-0.25, -0.2) is 0 Å². The Morgan fingerprint density at radius 3 is 2.07 bits per heavy atom. The highest BCUT2D eigenvalue weighted by Gasteiger charge is 2.33. The summed E-state index contributed by atoms with van der Waals surface area (Å²) in [6.45, 7) is 0.975. The quantitative estimate of drug-likeness (QED) is 0.333. The van der Waals surface area contributed by atoms with Gasteiger partial charge in [0.05, 0.1) is 6.61 Å². The maximum absolute atomic E-state index is 11.1. The van der Waals surface area contributed by atoms with E-state index in [9.17, 15) is 20.1 Å². The number of aliphatic hydroxyl groups is 5. The SMILES string of the molecule is CCCC(=O)[C@H](O)[C@@H](O)[C@@H](O)[C@H](O)CO. The molecule has 0 amide bonds. The lowest BCUT2D eigenvalue weighted by molar-refractivity contribution is -0.147. The fourth-order valence-corrected chi connectivity index (χ4v) is 1.11. The lowest BCUT2D eigenvalue weighted by Crippen LogP contribution is -2.48. The van der Waals surface area contributed by atoms with E-state index in [-0.39, 0.29) is 6.42 Å². The number of hydrogen-bond acceptors (Lipinski definition) is 6. The van der Waals surface area contributed by atoms with Crippen molar-refractivity contribution in [1.29, 1.82) is 0 Å². The van der Waals surface area contributed by atoms with Crippen molar-refractivity contribution < 1.29 is 30.3 Å². The average Bonchev–Trinajstić information content (AvgIpc) is 2.25. The first kappa shape index (κ1) is 14.5. The molecule has 6 heteroatoms. The van der Waals surface area contributed by atoms with Gasteiger partial charge in [0.25, 0.3) is 0 Å². The first-order chi connectivity index (χ1) is 6.95. The van der Waals surface area contributed by atoms with Crippen LogP contribution >= 0.6 is 0 Å². The largest absolute Gasteiger partial charge is 0.394 e. The second kappa shape index (κ2) is 6.86. The van der Waals surface area contributed by atoms with Crippen LogP contribution in [0.1, 0.15) is 19.8 Å². The Balaban J connectivity index is 4.29. The van der Waals surface area contributed by atoms with Gasteiger partial charge in [0, 0.05) is 6.42 Å². The summed E-state index contributed by atoms with van der Waals surface area (Å²) in [7, 11) is 0. The van der Waals surface area contributed by atoms with Crippen LogP contribution in [0.5, 0.6) is 0 Å². The smallest absolute Gasteiger partial charge is 0.164 e. The molecule has 4 atom stereocenters. The van der Waals surface area contributed by atoms with Crippen molar-refractivity contribution in [1.82, 2.24) is 0 Å². The Kier molecular flexibility index (Phi) is 6.62. The molecule has 0 unspecified atom stereocenters. The summed E-state index contributed by atoms with van der Waals surface area (Å²) in [5.74, 6) is -0.603. The van der Waals surface area contributed by atoms with Gasteiger partial charge in [0.15, 0.2) is 5.78 Å². The molecule has 6 nitrogen and oxygen atoms in total. The van der Waals surface area contributed by atoms with Gasteiger partial charge in [0.1, 0.15) is 24.4 Å². The van der Waals surface area contributed by atoms with Crippen LogP contribution in [0.3, 0.4) is 0 Å². The van der Waals surface area contributed by atoms with E-state index in [0.29, 0.717) is 6.42 Å². The molecule has 0 fully saturated rings. The van der Waals surface area contributed by atoms with Crippen molar-refractivity contribution in [3.63, 3.8) is 0 Å². The second-order valence-corrected chi connectivity index (χ2v) is 3.39. The number of ketones is 1. The minimum Gasteiger partial charge on any atom is -0.394 e. The summed E-state index contributed by atoms with van der Waals surface area (Å²) < 4.78 is 0. The minimum atomic E-state index is -1.79. The van der Waals surface area contributed by atoms with Crippen molar-refractivity contribution in [2.24, 2.45) is 0 Å². The third kappa shape index (κ3) is 4.23. The summed E-state index contributed by atoms with van der Waals surface area (Å²) in [5.41, 5.74) is 0. The van der Waals surface area contributed by atoms with Gasteiger partial charge in [-0.1, -0.05) is 6.92 Å². The zero-order chi connectivity index (χ0) is 12.0. The summed E-state index contributed by atoms with van der Waals surface area (Å²) in [5, 5.41) is 45.2. The molecular weight excluding hydrogens is 204 g/mol. The molecule has 0 saturated carbocycles. The minimum absolute atomic E-state index is 0.0835.